The SMILES string of the molecule is Cc1cc(NC(=O)CCCN(C)S(=O)(=O)c2ccc(F)cc2)ccc1Oc1cccnc1. The van der Waals surface area contributed by atoms with Crippen LogP contribution in [-0.2, 0) is 14.8 Å². The van der Waals surface area contributed by atoms with Gasteiger partial charge >= 0.3 is 0 Å². The lowest BCUT2D eigenvalue weighted by Crippen LogP contribution is -2.28. The number of nitrogens with zero attached hydrogens (tertiary/aromatic N) is 2. The van der Waals surface area contributed by atoms with Crippen LogP contribution in [0.3, 0.4) is 0 Å². The number of aryl methyl sites for hydroxylation is 1. The number of ether oxygens (including phenoxy) is 1. The number of carbonyl (C=O) groups excluding carboxylic acids is 1. The van der Waals surface area contributed by atoms with Gasteiger partial charge in [-0.05, 0) is 73.5 Å². The Morgan fingerprint density at radius 3 is 2.56 bits per heavy atom. The summed E-state index contributed by atoms with van der Waals surface area (Å²) in [6, 6.07) is 13.5. The topological polar surface area (TPSA) is 88.6 Å². The quantitative estimate of drug-likeness (QED) is 0.516. The summed E-state index contributed by atoms with van der Waals surface area (Å²) < 4.78 is 45.0. The van der Waals surface area contributed by atoms with E-state index in [4.69, 9.17) is 4.74 Å². The van der Waals surface area contributed by atoms with Gasteiger partial charge in [-0.1, -0.05) is 0 Å². The number of halogens is 1. The number of hydrogen-bond acceptors (Lipinski definition) is 5. The number of nitrogens with one attached hydrogen (secondary N) is 1. The highest BCUT2D eigenvalue weighted by Gasteiger charge is 2.20. The van der Waals surface area contributed by atoms with Crippen LogP contribution >= 0.6 is 0 Å². The lowest BCUT2D eigenvalue weighted by Gasteiger charge is -2.17. The van der Waals surface area contributed by atoms with E-state index in [0.717, 1.165) is 22.0 Å². The molecule has 0 saturated carbocycles. The average molecular weight is 458 g/mol. The van der Waals surface area contributed by atoms with Crippen LogP contribution in [0.1, 0.15) is 18.4 Å². The second kappa shape index (κ2) is 10.3. The number of amides is 1. The molecule has 0 aliphatic rings. The molecule has 0 radical (unpaired) electrons. The van der Waals surface area contributed by atoms with E-state index in [9.17, 15) is 17.6 Å². The van der Waals surface area contributed by atoms with Crippen LogP contribution in [0.25, 0.3) is 0 Å². The number of aromatic nitrogens is 1. The zero-order valence-corrected chi connectivity index (χ0v) is 18.6. The molecule has 0 spiro atoms. The van der Waals surface area contributed by atoms with Crippen LogP contribution in [0.2, 0.25) is 0 Å². The number of sulfonamides is 1. The average Bonchev–Trinajstić information content (AvgIpc) is 2.76. The van der Waals surface area contributed by atoms with Crippen LogP contribution in [0.15, 0.2) is 71.9 Å². The van der Waals surface area contributed by atoms with E-state index in [2.05, 4.69) is 10.3 Å². The van der Waals surface area contributed by atoms with Gasteiger partial charge in [0.15, 0.2) is 0 Å². The van der Waals surface area contributed by atoms with Gasteiger partial charge in [-0.25, -0.2) is 17.1 Å². The molecule has 1 amide bonds. The Morgan fingerprint density at radius 1 is 1.16 bits per heavy atom. The van der Waals surface area contributed by atoms with Crippen molar-refractivity contribution in [1.82, 2.24) is 9.29 Å². The zero-order chi connectivity index (χ0) is 23.1. The molecule has 1 aromatic heterocycles. The molecule has 2 aromatic carbocycles. The molecule has 1 heterocycles. The van der Waals surface area contributed by atoms with E-state index in [0.29, 0.717) is 23.6 Å². The summed E-state index contributed by atoms with van der Waals surface area (Å²) in [4.78, 5) is 16.3. The van der Waals surface area contributed by atoms with Gasteiger partial charge in [0.1, 0.15) is 17.3 Å². The number of anilines is 1. The van der Waals surface area contributed by atoms with Gasteiger partial charge in [0.25, 0.3) is 0 Å². The maximum atomic E-state index is 13.0. The molecular formula is C23H24FN3O4S. The molecule has 1 N–H and O–H groups in total. The predicted molar refractivity (Wildman–Crippen MR) is 120 cm³/mol. The number of carbonyl (C=O) groups is 1. The van der Waals surface area contributed by atoms with E-state index in [1.807, 2.05) is 6.92 Å². The number of benzene rings is 2. The first kappa shape index (κ1) is 23.4. The summed E-state index contributed by atoms with van der Waals surface area (Å²) in [5.74, 6) is 0.545. The Bertz CT molecular complexity index is 1170. The monoisotopic (exact) mass is 457 g/mol. The van der Waals surface area contributed by atoms with E-state index >= 15 is 0 Å². The van der Waals surface area contributed by atoms with Crippen molar-refractivity contribution in [3.63, 3.8) is 0 Å². The standard InChI is InChI=1S/C23H24FN3O4S/c1-17-15-19(9-12-22(17)31-20-5-3-13-25-16-20)26-23(28)6-4-14-27(2)32(29,30)21-10-7-18(24)8-11-21/h3,5,7-13,15-16H,4,6,14H2,1-2H3,(H,26,28). The van der Waals surface area contributed by atoms with Crippen molar-refractivity contribution in [2.24, 2.45) is 0 Å². The van der Waals surface area contributed by atoms with Crippen molar-refractivity contribution in [2.45, 2.75) is 24.7 Å². The van der Waals surface area contributed by atoms with Crippen molar-refractivity contribution in [2.75, 3.05) is 18.9 Å². The largest absolute Gasteiger partial charge is 0.455 e. The fourth-order valence-corrected chi connectivity index (χ4v) is 4.18. The molecule has 3 aromatic rings. The van der Waals surface area contributed by atoms with Crippen molar-refractivity contribution in [3.8, 4) is 11.5 Å². The summed E-state index contributed by atoms with van der Waals surface area (Å²) in [5, 5.41) is 2.81. The highest BCUT2D eigenvalue weighted by molar-refractivity contribution is 7.89. The second-order valence-corrected chi connectivity index (χ2v) is 9.25. The van der Waals surface area contributed by atoms with Crippen molar-refractivity contribution in [1.29, 1.82) is 0 Å². The lowest BCUT2D eigenvalue weighted by atomic mass is 10.2. The number of pyridine rings is 1. The second-order valence-electron chi connectivity index (χ2n) is 7.20. The van der Waals surface area contributed by atoms with Crippen LogP contribution < -0.4 is 10.1 Å². The molecule has 0 bridgehead atoms. The van der Waals surface area contributed by atoms with Crippen molar-refractivity contribution in [3.05, 3.63) is 78.4 Å². The van der Waals surface area contributed by atoms with Gasteiger partial charge < -0.3 is 10.1 Å². The molecule has 3 rings (SSSR count). The first-order chi connectivity index (χ1) is 15.3. The Kier molecular flexibility index (Phi) is 7.55. The van der Waals surface area contributed by atoms with Crippen LogP contribution in [0, 0.1) is 12.7 Å². The van der Waals surface area contributed by atoms with Gasteiger partial charge in [-0.3, -0.25) is 9.78 Å². The highest BCUT2D eigenvalue weighted by atomic mass is 32.2. The van der Waals surface area contributed by atoms with E-state index < -0.39 is 15.8 Å². The fourth-order valence-electron chi connectivity index (χ4n) is 2.97. The third kappa shape index (κ3) is 6.12. The smallest absolute Gasteiger partial charge is 0.242 e. The molecule has 0 saturated heterocycles. The molecule has 9 heteroatoms. The van der Waals surface area contributed by atoms with E-state index in [-0.39, 0.29) is 23.8 Å². The van der Waals surface area contributed by atoms with E-state index in [1.54, 1.807) is 42.7 Å². The highest BCUT2D eigenvalue weighted by Crippen LogP contribution is 2.27. The Hall–Kier alpha value is -3.30. The van der Waals surface area contributed by atoms with E-state index in [1.165, 1.54) is 19.2 Å². The molecule has 0 fully saturated rings. The van der Waals surface area contributed by atoms with Gasteiger partial charge in [-0.15, -0.1) is 0 Å². The van der Waals surface area contributed by atoms with Crippen LogP contribution in [0.5, 0.6) is 11.5 Å². The molecule has 0 unspecified atom stereocenters. The Labute approximate surface area is 186 Å². The van der Waals surface area contributed by atoms with Gasteiger partial charge in [-0.2, -0.15) is 0 Å². The third-order valence-corrected chi connectivity index (χ3v) is 6.59. The van der Waals surface area contributed by atoms with Crippen LogP contribution in [0.4, 0.5) is 10.1 Å². The fraction of sp³-hybridized carbons (Fsp3) is 0.217. The van der Waals surface area contributed by atoms with Crippen molar-refractivity contribution >= 4 is 21.6 Å². The van der Waals surface area contributed by atoms with Crippen molar-refractivity contribution < 1.29 is 22.3 Å². The van der Waals surface area contributed by atoms with Gasteiger partial charge in [0, 0.05) is 31.9 Å². The zero-order valence-electron chi connectivity index (χ0n) is 17.8. The minimum Gasteiger partial charge on any atom is -0.455 e. The molecule has 168 valence electrons. The van der Waals surface area contributed by atoms with Gasteiger partial charge in [0.05, 0.1) is 11.1 Å². The van der Waals surface area contributed by atoms with Gasteiger partial charge in [0.2, 0.25) is 15.9 Å². The maximum Gasteiger partial charge on any atom is 0.242 e. The molecule has 7 nitrogen and oxygen atoms in total. The molecule has 0 atom stereocenters. The molecule has 32 heavy (non-hydrogen) atoms. The Morgan fingerprint density at radius 2 is 1.91 bits per heavy atom. The summed E-state index contributed by atoms with van der Waals surface area (Å²) >= 11 is 0. The maximum absolute atomic E-state index is 13.0. The summed E-state index contributed by atoms with van der Waals surface area (Å²) in [7, 11) is -2.30. The summed E-state index contributed by atoms with van der Waals surface area (Å²) in [5.41, 5.74) is 1.47. The molecule has 0 aliphatic carbocycles. The third-order valence-electron chi connectivity index (χ3n) is 4.72. The first-order valence-electron chi connectivity index (χ1n) is 9.96. The minimum atomic E-state index is -3.73. The molecule has 0 aliphatic heterocycles. The first-order valence-corrected chi connectivity index (χ1v) is 11.4. The Balaban J connectivity index is 1.50. The number of rotatable bonds is 9. The number of hydrogen-bond donors (Lipinski definition) is 1. The molecular weight excluding hydrogens is 433 g/mol. The lowest BCUT2D eigenvalue weighted by molar-refractivity contribution is -0.116. The predicted octanol–water partition coefficient (Wildman–Crippen LogP) is 4.36. The normalized spacial score (nSPS) is 11.4. The summed E-state index contributed by atoms with van der Waals surface area (Å²) in [6.45, 7) is 2.03. The minimum absolute atomic E-state index is 0.00918. The summed E-state index contributed by atoms with van der Waals surface area (Å²) in [6.07, 6.45) is 3.76. The van der Waals surface area contributed by atoms with Crippen LogP contribution in [-0.4, -0.2) is 37.2 Å².